The highest BCUT2D eigenvalue weighted by atomic mass is 15.4. The SMILES string of the molecule is CCCCCCCCCCCCCN1C=CN(CCCCCCCCCC)C1(Cc1ccccc1)C(CC)c1ccccc1. The molecule has 2 nitrogen and oxygen atoms in total. The van der Waals surface area contributed by atoms with Gasteiger partial charge in [0.2, 0.25) is 0 Å². The van der Waals surface area contributed by atoms with Gasteiger partial charge in [-0.25, -0.2) is 0 Å². The minimum absolute atomic E-state index is 0.0585. The van der Waals surface area contributed by atoms with Crippen molar-refractivity contribution in [1.29, 1.82) is 0 Å². The van der Waals surface area contributed by atoms with E-state index in [0.717, 1.165) is 25.9 Å². The average Bonchev–Trinajstić information content (AvgIpc) is 3.39. The molecule has 0 spiro atoms. The topological polar surface area (TPSA) is 6.48 Å². The third kappa shape index (κ3) is 11.9. The van der Waals surface area contributed by atoms with Crippen LogP contribution in [0, 0.1) is 0 Å². The van der Waals surface area contributed by atoms with Crippen LogP contribution < -0.4 is 0 Å². The predicted molar refractivity (Wildman–Crippen MR) is 194 cm³/mol. The summed E-state index contributed by atoms with van der Waals surface area (Å²) >= 11 is 0. The number of rotatable bonds is 26. The Kier molecular flexibility index (Phi) is 18.4. The maximum Gasteiger partial charge on any atom is 0.123 e. The summed E-state index contributed by atoms with van der Waals surface area (Å²) in [7, 11) is 0. The molecule has 2 aromatic rings. The Morgan fingerprint density at radius 1 is 0.477 bits per heavy atom. The minimum atomic E-state index is -0.0585. The minimum Gasteiger partial charge on any atom is -0.353 e. The zero-order chi connectivity index (χ0) is 31.1. The monoisotopic (exact) mass is 601 g/mol. The summed E-state index contributed by atoms with van der Waals surface area (Å²) in [5.41, 5.74) is 2.88. The fourth-order valence-corrected chi connectivity index (χ4v) is 7.62. The predicted octanol–water partition coefficient (Wildman–Crippen LogP) is 12.7. The molecule has 2 heteroatoms. The second-order valence-electron chi connectivity index (χ2n) is 13.6. The first-order valence-electron chi connectivity index (χ1n) is 19.1. The van der Waals surface area contributed by atoms with Gasteiger partial charge in [0.1, 0.15) is 5.66 Å². The number of unbranched alkanes of at least 4 members (excludes halogenated alkanes) is 17. The molecule has 44 heavy (non-hydrogen) atoms. The summed E-state index contributed by atoms with van der Waals surface area (Å²) < 4.78 is 0. The molecular weight excluding hydrogens is 532 g/mol. The van der Waals surface area contributed by atoms with Gasteiger partial charge in [-0.2, -0.15) is 0 Å². The van der Waals surface area contributed by atoms with Crippen LogP contribution >= 0.6 is 0 Å². The first kappa shape index (κ1) is 36.3. The quantitative estimate of drug-likeness (QED) is 0.0991. The zero-order valence-corrected chi connectivity index (χ0v) is 29.2. The van der Waals surface area contributed by atoms with E-state index in [-0.39, 0.29) is 5.66 Å². The van der Waals surface area contributed by atoms with Crippen molar-refractivity contribution in [2.75, 3.05) is 13.1 Å². The molecule has 0 amide bonds. The molecule has 1 aliphatic rings. The summed E-state index contributed by atoms with van der Waals surface area (Å²) in [6, 6.07) is 22.8. The van der Waals surface area contributed by atoms with Gasteiger partial charge in [-0.1, -0.05) is 191 Å². The van der Waals surface area contributed by atoms with Gasteiger partial charge in [-0.05, 0) is 30.4 Å². The first-order chi connectivity index (χ1) is 21.8. The number of benzene rings is 2. The van der Waals surface area contributed by atoms with Crippen LogP contribution in [0.3, 0.4) is 0 Å². The van der Waals surface area contributed by atoms with Crippen molar-refractivity contribution in [3.63, 3.8) is 0 Å². The zero-order valence-electron chi connectivity index (χ0n) is 29.2. The van der Waals surface area contributed by atoms with Gasteiger partial charge in [0.15, 0.2) is 0 Å². The lowest BCUT2D eigenvalue weighted by Crippen LogP contribution is -2.59. The molecule has 0 fully saturated rings. The van der Waals surface area contributed by atoms with Gasteiger partial charge in [-0.15, -0.1) is 0 Å². The third-order valence-corrected chi connectivity index (χ3v) is 10.2. The molecule has 1 aliphatic heterocycles. The van der Waals surface area contributed by atoms with Crippen molar-refractivity contribution in [3.8, 4) is 0 Å². The molecule has 0 bridgehead atoms. The van der Waals surface area contributed by atoms with Crippen molar-refractivity contribution in [2.24, 2.45) is 0 Å². The molecule has 0 N–H and O–H groups in total. The van der Waals surface area contributed by atoms with E-state index in [1.807, 2.05) is 0 Å². The Balaban J connectivity index is 1.68. The number of hydrogen-bond acceptors (Lipinski definition) is 2. The van der Waals surface area contributed by atoms with E-state index >= 15 is 0 Å². The van der Waals surface area contributed by atoms with Crippen molar-refractivity contribution in [1.82, 2.24) is 9.80 Å². The molecule has 2 aromatic carbocycles. The Morgan fingerprint density at radius 2 is 0.864 bits per heavy atom. The summed E-state index contributed by atoms with van der Waals surface area (Å²) in [6.07, 6.45) is 33.4. The molecule has 2 unspecified atom stereocenters. The first-order valence-corrected chi connectivity index (χ1v) is 19.1. The largest absolute Gasteiger partial charge is 0.353 e. The van der Waals surface area contributed by atoms with Gasteiger partial charge >= 0.3 is 0 Å². The van der Waals surface area contributed by atoms with Crippen LogP contribution in [0.5, 0.6) is 0 Å². The summed E-state index contributed by atoms with van der Waals surface area (Å²) in [4.78, 5) is 5.55. The third-order valence-electron chi connectivity index (χ3n) is 10.2. The van der Waals surface area contributed by atoms with Gasteiger partial charge in [0, 0.05) is 37.8 Å². The van der Waals surface area contributed by atoms with E-state index in [1.54, 1.807) is 0 Å². The van der Waals surface area contributed by atoms with E-state index in [1.165, 1.54) is 133 Å². The molecule has 0 aromatic heterocycles. The fourth-order valence-electron chi connectivity index (χ4n) is 7.62. The van der Waals surface area contributed by atoms with E-state index in [0.29, 0.717) is 5.92 Å². The molecule has 0 saturated carbocycles. The smallest absolute Gasteiger partial charge is 0.123 e. The molecule has 0 saturated heterocycles. The van der Waals surface area contributed by atoms with Gasteiger partial charge in [0.25, 0.3) is 0 Å². The highest BCUT2D eigenvalue weighted by molar-refractivity contribution is 5.30. The second kappa shape index (κ2) is 22.3. The number of hydrogen-bond donors (Lipinski definition) is 0. The van der Waals surface area contributed by atoms with E-state index in [2.05, 4.69) is 104 Å². The van der Waals surface area contributed by atoms with Crippen LogP contribution in [0.2, 0.25) is 0 Å². The maximum absolute atomic E-state index is 2.78. The van der Waals surface area contributed by atoms with Crippen molar-refractivity contribution < 1.29 is 0 Å². The average molecular weight is 601 g/mol. The summed E-state index contributed by atoms with van der Waals surface area (Å²) in [6.45, 7) is 9.33. The molecule has 1 heterocycles. The summed E-state index contributed by atoms with van der Waals surface area (Å²) in [5.74, 6) is 0.445. The lowest BCUT2D eigenvalue weighted by Gasteiger charge is -2.51. The van der Waals surface area contributed by atoms with Crippen LogP contribution in [0.25, 0.3) is 0 Å². The molecule has 246 valence electrons. The van der Waals surface area contributed by atoms with E-state index in [4.69, 9.17) is 0 Å². The highest BCUT2D eigenvalue weighted by Crippen LogP contribution is 2.45. The second-order valence-corrected chi connectivity index (χ2v) is 13.6. The fraction of sp³-hybridized carbons (Fsp3) is 0.667. The van der Waals surface area contributed by atoms with E-state index < -0.39 is 0 Å². The van der Waals surface area contributed by atoms with Crippen LogP contribution in [0.4, 0.5) is 0 Å². The standard InChI is InChI=1S/C42H68N2/c1-4-7-9-11-13-15-16-17-19-21-29-35-44-37-36-43(34-28-20-18-14-12-10-8-5-2)42(44,38-39-30-24-22-25-31-39)41(6-3)40-32-26-23-27-33-40/h22-27,30-33,36-37,41H,4-21,28-29,34-35,38H2,1-3H3. The van der Waals surface area contributed by atoms with Crippen LogP contribution in [-0.2, 0) is 6.42 Å². The van der Waals surface area contributed by atoms with Crippen molar-refractivity contribution >= 4 is 0 Å². The lowest BCUT2D eigenvalue weighted by molar-refractivity contribution is -0.00378. The Labute approximate surface area is 273 Å². The van der Waals surface area contributed by atoms with Crippen LogP contribution in [0.1, 0.15) is 166 Å². The molecule has 2 atom stereocenters. The van der Waals surface area contributed by atoms with Gasteiger partial charge < -0.3 is 9.80 Å². The molecule has 0 radical (unpaired) electrons. The summed E-state index contributed by atoms with van der Waals surface area (Å²) in [5, 5.41) is 0. The Hall–Kier alpha value is -2.22. The molecule has 0 aliphatic carbocycles. The highest BCUT2D eigenvalue weighted by Gasteiger charge is 2.49. The van der Waals surface area contributed by atoms with Crippen molar-refractivity contribution in [2.45, 2.75) is 167 Å². The Bertz CT molecular complexity index is 970. The number of nitrogens with zero attached hydrogens (tertiary/aromatic N) is 2. The van der Waals surface area contributed by atoms with Gasteiger partial charge in [-0.3, -0.25) is 0 Å². The molecular formula is C42H68N2. The van der Waals surface area contributed by atoms with Crippen LogP contribution in [0.15, 0.2) is 73.1 Å². The van der Waals surface area contributed by atoms with Gasteiger partial charge in [0.05, 0.1) is 0 Å². The maximum atomic E-state index is 2.78. The van der Waals surface area contributed by atoms with E-state index in [9.17, 15) is 0 Å². The lowest BCUT2D eigenvalue weighted by atomic mass is 9.78. The molecule has 3 rings (SSSR count). The van der Waals surface area contributed by atoms with Crippen molar-refractivity contribution in [3.05, 3.63) is 84.2 Å². The normalized spacial score (nSPS) is 17.1. The van der Waals surface area contributed by atoms with Crippen LogP contribution in [-0.4, -0.2) is 28.6 Å². The Morgan fingerprint density at radius 3 is 1.27 bits per heavy atom.